The van der Waals surface area contributed by atoms with E-state index in [4.69, 9.17) is 0 Å². The van der Waals surface area contributed by atoms with Crippen molar-refractivity contribution >= 4 is 37.7 Å². The van der Waals surface area contributed by atoms with Crippen LogP contribution in [0.5, 0.6) is 0 Å². The van der Waals surface area contributed by atoms with Gasteiger partial charge < -0.3 is 55.7 Å². The molecule has 13 nitrogen and oxygen atoms in total. The third-order valence-electron chi connectivity index (χ3n) is 5.25. The molecule has 1 aliphatic rings. The van der Waals surface area contributed by atoms with Crippen LogP contribution in [0.3, 0.4) is 0 Å². The Labute approximate surface area is 199 Å². The normalized spacial score (nSPS) is 23.7. The van der Waals surface area contributed by atoms with Crippen LogP contribution < -0.4 is 26.0 Å². The van der Waals surface area contributed by atoms with Gasteiger partial charge in [0.2, 0.25) is 0 Å². The van der Waals surface area contributed by atoms with Gasteiger partial charge in [0.25, 0.3) is 0 Å². The standard InChI is InChI=1S/C18H34N4O9.Ga/c23-10-12(14(25)11-24)18-13(7-15(26)27)19-1-3-21(8-16(28)29)5-6-22(4-2-20-18)9-17(30)31;/h12-14,18-20,23-25H,1-11H2,(H,26,27)(H,28,29)(H,30,31);/q;+3/p-3/t12-,13?,14-,18?;/m1./s1. The molecule has 2 unspecified atom stereocenters. The molecule has 0 aromatic rings. The topological polar surface area (TPSA) is 212 Å². The molecule has 1 rings (SSSR count). The van der Waals surface area contributed by atoms with E-state index < -0.39 is 74.7 Å². The fourth-order valence-electron chi connectivity index (χ4n) is 3.69. The van der Waals surface area contributed by atoms with Crippen molar-refractivity contribution in [2.75, 3.05) is 65.6 Å². The Morgan fingerprint density at radius 3 is 1.75 bits per heavy atom. The summed E-state index contributed by atoms with van der Waals surface area (Å²) in [7, 11) is 0. The molecule has 0 spiro atoms. The number of aliphatic hydroxyl groups excluding tert-OH is 3. The van der Waals surface area contributed by atoms with Crippen molar-refractivity contribution in [3.8, 4) is 0 Å². The first-order valence-electron chi connectivity index (χ1n) is 10.1. The quantitative estimate of drug-likeness (QED) is 0.171. The van der Waals surface area contributed by atoms with Crippen molar-refractivity contribution in [2.24, 2.45) is 5.92 Å². The number of nitrogens with zero attached hydrogens (tertiary/aromatic N) is 2. The van der Waals surface area contributed by atoms with Gasteiger partial charge in [-0.15, -0.1) is 0 Å². The number of carboxylic acids is 3. The van der Waals surface area contributed by atoms with Crippen LogP contribution in [0.25, 0.3) is 0 Å². The maximum Gasteiger partial charge on any atom is 3.00 e. The van der Waals surface area contributed by atoms with Crippen molar-refractivity contribution < 1.29 is 45.0 Å². The first-order valence-corrected chi connectivity index (χ1v) is 10.1. The van der Waals surface area contributed by atoms with Crippen LogP contribution in [-0.4, -0.2) is 147 Å². The Balaban J connectivity index is 0.00000961. The van der Waals surface area contributed by atoms with Crippen molar-refractivity contribution in [2.45, 2.75) is 24.6 Å². The molecule has 1 saturated heterocycles. The molecule has 0 aliphatic carbocycles. The van der Waals surface area contributed by atoms with Gasteiger partial charge in [0.05, 0.1) is 24.6 Å². The molecule has 1 fully saturated rings. The SMILES string of the molecule is O=C([O-])CC1NCCN(CC(=O)[O-])CCN(CC(=O)[O-])CCNC1[C@H](CO)[C@H](O)CO.[Ga+3]. The van der Waals surface area contributed by atoms with Gasteiger partial charge in [0, 0.05) is 89.4 Å². The maximum atomic E-state index is 11.3. The molecule has 14 heteroatoms. The summed E-state index contributed by atoms with van der Waals surface area (Å²) in [6.07, 6.45) is -1.81. The Morgan fingerprint density at radius 1 is 0.844 bits per heavy atom. The van der Waals surface area contributed by atoms with Crippen molar-refractivity contribution in [3.05, 3.63) is 0 Å². The summed E-state index contributed by atoms with van der Waals surface area (Å²) in [5.74, 6) is -4.93. The Hall–Kier alpha value is -1.23. The Bertz CT molecular complexity index is 587. The molecule has 5 N–H and O–H groups in total. The first kappa shape index (κ1) is 30.8. The molecule has 32 heavy (non-hydrogen) atoms. The monoisotopic (exact) mass is 516 g/mol. The molecule has 0 aromatic carbocycles. The van der Waals surface area contributed by atoms with E-state index in [1.54, 1.807) is 0 Å². The molecule has 4 atom stereocenters. The molecular formula is C18H31GaN4O9. The van der Waals surface area contributed by atoms with E-state index in [2.05, 4.69) is 10.6 Å². The molecule has 1 heterocycles. The van der Waals surface area contributed by atoms with Gasteiger partial charge in [-0.3, -0.25) is 9.80 Å². The van der Waals surface area contributed by atoms with Crippen molar-refractivity contribution in [3.63, 3.8) is 0 Å². The largest absolute Gasteiger partial charge is 3.00 e. The minimum Gasteiger partial charge on any atom is -0.550 e. The van der Waals surface area contributed by atoms with E-state index in [1.165, 1.54) is 9.80 Å². The molecule has 0 radical (unpaired) electrons. The van der Waals surface area contributed by atoms with Crippen LogP contribution in [0.2, 0.25) is 0 Å². The van der Waals surface area contributed by atoms with Crippen LogP contribution in [0.1, 0.15) is 6.42 Å². The number of aliphatic hydroxyl groups is 3. The summed E-state index contributed by atoms with van der Waals surface area (Å²) in [4.78, 5) is 36.4. The van der Waals surface area contributed by atoms with Gasteiger partial charge in [-0.05, 0) is 0 Å². The minimum atomic E-state index is -1.38. The fourth-order valence-corrected chi connectivity index (χ4v) is 3.69. The Morgan fingerprint density at radius 2 is 1.34 bits per heavy atom. The number of carboxylic acid groups (broad SMARTS) is 3. The molecular weight excluding hydrogens is 486 g/mol. The number of hydrogen-bond donors (Lipinski definition) is 5. The fraction of sp³-hybridized carbons (Fsp3) is 0.833. The zero-order chi connectivity index (χ0) is 23.4. The smallest absolute Gasteiger partial charge is 0.550 e. The summed E-state index contributed by atoms with van der Waals surface area (Å²) in [6.45, 7) is -0.813. The average Bonchev–Trinajstić information content (AvgIpc) is 2.67. The van der Waals surface area contributed by atoms with Crippen LogP contribution in [0.4, 0.5) is 0 Å². The van der Waals surface area contributed by atoms with E-state index >= 15 is 0 Å². The summed E-state index contributed by atoms with van der Waals surface area (Å²) < 4.78 is 0. The van der Waals surface area contributed by atoms with Gasteiger partial charge in [-0.25, -0.2) is 0 Å². The number of nitrogens with one attached hydrogen (secondary N) is 2. The summed E-state index contributed by atoms with van der Waals surface area (Å²) >= 11 is 0. The number of rotatable bonds is 10. The first-order chi connectivity index (χ1) is 14.7. The van der Waals surface area contributed by atoms with E-state index in [-0.39, 0.29) is 59.1 Å². The molecule has 0 bridgehead atoms. The molecule has 0 amide bonds. The predicted octanol–water partition coefficient (Wildman–Crippen LogP) is -8.26. The van der Waals surface area contributed by atoms with E-state index in [0.29, 0.717) is 0 Å². The van der Waals surface area contributed by atoms with Crippen molar-refractivity contribution in [1.29, 1.82) is 0 Å². The van der Waals surface area contributed by atoms with Crippen LogP contribution >= 0.6 is 0 Å². The molecule has 1 aliphatic heterocycles. The van der Waals surface area contributed by atoms with E-state index in [1.807, 2.05) is 0 Å². The van der Waals surface area contributed by atoms with Gasteiger partial charge in [0.1, 0.15) is 0 Å². The number of carbonyl (C=O) groups excluding carboxylic acids is 3. The summed E-state index contributed by atoms with van der Waals surface area (Å²) in [6, 6.07) is -1.65. The van der Waals surface area contributed by atoms with Gasteiger partial charge in [-0.2, -0.15) is 0 Å². The van der Waals surface area contributed by atoms with Crippen LogP contribution in [-0.2, 0) is 14.4 Å². The summed E-state index contributed by atoms with van der Waals surface area (Å²) in [5, 5.41) is 68.6. The van der Waals surface area contributed by atoms with Gasteiger partial charge >= 0.3 is 19.8 Å². The van der Waals surface area contributed by atoms with E-state index in [0.717, 1.165) is 0 Å². The second kappa shape index (κ2) is 16.4. The zero-order valence-corrected chi connectivity index (χ0v) is 20.3. The predicted molar refractivity (Wildman–Crippen MR) is 106 cm³/mol. The molecule has 180 valence electrons. The minimum absolute atomic E-state index is 0. The third-order valence-corrected chi connectivity index (χ3v) is 5.25. The second-order valence-corrected chi connectivity index (χ2v) is 7.51. The maximum absolute atomic E-state index is 11.3. The van der Waals surface area contributed by atoms with Crippen LogP contribution in [0.15, 0.2) is 0 Å². The summed E-state index contributed by atoms with van der Waals surface area (Å²) in [5.41, 5.74) is 0. The average molecular weight is 517 g/mol. The second-order valence-electron chi connectivity index (χ2n) is 7.51. The number of carbonyl (C=O) groups is 3. The van der Waals surface area contributed by atoms with Crippen LogP contribution in [0, 0.1) is 5.92 Å². The number of hydrogen-bond acceptors (Lipinski definition) is 13. The van der Waals surface area contributed by atoms with Gasteiger partial charge in [0.15, 0.2) is 0 Å². The Kier molecular flexibility index (Phi) is 15.8. The third kappa shape index (κ3) is 11.6. The molecule has 0 aromatic heterocycles. The van der Waals surface area contributed by atoms with Crippen molar-refractivity contribution in [1.82, 2.24) is 20.4 Å². The van der Waals surface area contributed by atoms with E-state index in [9.17, 15) is 45.0 Å². The zero-order valence-electron chi connectivity index (χ0n) is 17.9. The number of aliphatic carboxylic acids is 3. The van der Waals surface area contributed by atoms with Gasteiger partial charge in [-0.1, -0.05) is 0 Å². The molecule has 0 saturated carbocycles.